The molecule has 0 bridgehead atoms. The maximum Gasteiger partial charge on any atom is 0.294 e. The fourth-order valence-electron chi connectivity index (χ4n) is 5.37. The third kappa shape index (κ3) is 5.51. The van der Waals surface area contributed by atoms with E-state index in [1.54, 1.807) is 6.08 Å². The average molecular weight is 567 g/mol. The summed E-state index contributed by atoms with van der Waals surface area (Å²) in [4.78, 5) is 42.8. The van der Waals surface area contributed by atoms with E-state index in [-0.39, 0.29) is 6.54 Å². The van der Waals surface area contributed by atoms with Crippen LogP contribution in [-0.4, -0.2) is 59.4 Å². The smallest absolute Gasteiger partial charge is 0.294 e. The molecule has 0 radical (unpaired) electrons. The second kappa shape index (κ2) is 11.6. The number of para-hydroxylation sites is 3. The standard InChI is InChI=1S/C32H30N4O4S/c1-22-25(24-11-5-7-13-27(24)35(22)20-23-9-3-2-4-10-23)19-29-31(38)36(32(39)41-29)21-30(37)33-26-12-6-8-14-28(26)34-15-17-40-18-16-34/h2-14,19H,15-18,20-21H2,1H3,(H,33,37)/b29-19-. The summed E-state index contributed by atoms with van der Waals surface area (Å²) >= 11 is 0.868. The number of nitrogens with one attached hydrogen (secondary N) is 1. The number of anilines is 2. The van der Waals surface area contributed by atoms with Gasteiger partial charge in [0, 0.05) is 41.8 Å². The van der Waals surface area contributed by atoms with Crippen molar-refractivity contribution in [2.75, 3.05) is 43.1 Å². The molecule has 41 heavy (non-hydrogen) atoms. The van der Waals surface area contributed by atoms with Crippen molar-refractivity contribution < 1.29 is 19.1 Å². The van der Waals surface area contributed by atoms with Crippen LogP contribution >= 0.6 is 11.8 Å². The molecular formula is C32H30N4O4S. The first-order valence-electron chi connectivity index (χ1n) is 13.6. The number of aromatic nitrogens is 1. The van der Waals surface area contributed by atoms with Crippen LogP contribution in [0.1, 0.15) is 16.8 Å². The van der Waals surface area contributed by atoms with Crippen molar-refractivity contribution in [2.24, 2.45) is 0 Å². The predicted octanol–water partition coefficient (Wildman–Crippen LogP) is 5.51. The highest BCUT2D eigenvalue weighted by atomic mass is 32.2. The lowest BCUT2D eigenvalue weighted by Gasteiger charge is -2.30. The molecular weight excluding hydrogens is 536 g/mol. The molecule has 1 N–H and O–H groups in total. The number of amides is 3. The van der Waals surface area contributed by atoms with E-state index in [9.17, 15) is 14.4 Å². The molecule has 0 atom stereocenters. The molecule has 0 saturated carbocycles. The molecule has 2 aliphatic rings. The summed E-state index contributed by atoms with van der Waals surface area (Å²) in [6.45, 7) is 5.05. The molecule has 208 valence electrons. The van der Waals surface area contributed by atoms with Crippen molar-refractivity contribution >= 4 is 57.2 Å². The number of imide groups is 1. The first-order valence-corrected chi connectivity index (χ1v) is 14.4. The molecule has 0 unspecified atom stereocenters. The lowest BCUT2D eigenvalue weighted by molar-refractivity contribution is -0.127. The highest BCUT2D eigenvalue weighted by molar-refractivity contribution is 8.18. The number of carbonyl (C=O) groups is 3. The van der Waals surface area contributed by atoms with Gasteiger partial charge in [-0.1, -0.05) is 60.7 Å². The lowest BCUT2D eigenvalue weighted by atomic mass is 10.1. The Morgan fingerprint density at radius 2 is 1.66 bits per heavy atom. The third-order valence-electron chi connectivity index (χ3n) is 7.44. The minimum absolute atomic E-state index is 0.308. The largest absolute Gasteiger partial charge is 0.378 e. The number of carbonyl (C=O) groups excluding carboxylic acids is 3. The summed E-state index contributed by atoms with van der Waals surface area (Å²) in [6.07, 6.45) is 1.79. The topological polar surface area (TPSA) is 83.9 Å². The Kier molecular flexibility index (Phi) is 7.63. The van der Waals surface area contributed by atoms with E-state index in [0.29, 0.717) is 30.4 Å². The van der Waals surface area contributed by atoms with Gasteiger partial charge in [0.25, 0.3) is 11.1 Å². The number of fused-ring (bicyclic) bond motifs is 1. The van der Waals surface area contributed by atoms with Gasteiger partial charge in [-0.15, -0.1) is 0 Å². The first-order chi connectivity index (χ1) is 20.0. The van der Waals surface area contributed by atoms with Crippen LogP contribution in [0, 0.1) is 6.92 Å². The van der Waals surface area contributed by atoms with E-state index in [1.165, 1.54) is 5.56 Å². The summed E-state index contributed by atoms with van der Waals surface area (Å²) in [5, 5.41) is 3.45. The molecule has 3 amide bonds. The lowest BCUT2D eigenvalue weighted by Crippen LogP contribution is -2.38. The fourth-order valence-corrected chi connectivity index (χ4v) is 6.19. The van der Waals surface area contributed by atoms with Gasteiger partial charge in [0.15, 0.2) is 0 Å². The zero-order valence-electron chi connectivity index (χ0n) is 22.7. The van der Waals surface area contributed by atoms with E-state index in [1.807, 2.05) is 67.6 Å². The van der Waals surface area contributed by atoms with Crippen LogP contribution in [-0.2, 0) is 20.9 Å². The van der Waals surface area contributed by atoms with E-state index in [2.05, 4.69) is 33.0 Å². The summed E-state index contributed by atoms with van der Waals surface area (Å²) in [6, 6.07) is 25.8. The van der Waals surface area contributed by atoms with E-state index in [4.69, 9.17) is 4.74 Å². The minimum Gasteiger partial charge on any atom is -0.378 e. The van der Waals surface area contributed by atoms with E-state index >= 15 is 0 Å². The van der Waals surface area contributed by atoms with Gasteiger partial charge < -0.3 is 19.5 Å². The van der Waals surface area contributed by atoms with Gasteiger partial charge in [-0.25, -0.2) is 0 Å². The third-order valence-corrected chi connectivity index (χ3v) is 8.35. The molecule has 0 aliphatic carbocycles. The summed E-state index contributed by atoms with van der Waals surface area (Å²) < 4.78 is 7.67. The summed E-state index contributed by atoms with van der Waals surface area (Å²) in [5.41, 5.74) is 5.65. The maximum atomic E-state index is 13.4. The molecule has 1 aromatic heterocycles. The summed E-state index contributed by atoms with van der Waals surface area (Å²) in [5.74, 6) is -0.888. The normalized spacial score (nSPS) is 16.7. The Morgan fingerprint density at radius 1 is 0.951 bits per heavy atom. The molecule has 0 spiro atoms. The van der Waals surface area contributed by atoms with E-state index < -0.39 is 17.1 Å². The van der Waals surface area contributed by atoms with E-state index in [0.717, 1.165) is 57.6 Å². The number of morpholine rings is 1. The monoisotopic (exact) mass is 566 g/mol. The number of nitrogens with zero attached hydrogens (tertiary/aromatic N) is 3. The highest BCUT2D eigenvalue weighted by Crippen LogP contribution is 2.36. The van der Waals surface area contributed by atoms with Crippen LogP contribution < -0.4 is 10.2 Å². The zero-order valence-corrected chi connectivity index (χ0v) is 23.5. The van der Waals surface area contributed by atoms with Crippen LogP contribution in [0.4, 0.5) is 16.2 Å². The van der Waals surface area contributed by atoms with Crippen LogP contribution in [0.15, 0.2) is 83.8 Å². The second-order valence-electron chi connectivity index (χ2n) is 10.0. The van der Waals surface area contributed by atoms with Crippen molar-refractivity contribution in [1.82, 2.24) is 9.47 Å². The first kappa shape index (κ1) is 26.9. The molecule has 2 fully saturated rings. The number of rotatable bonds is 7. The SMILES string of the molecule is Cc1c(/C=C2\SC(=O)N(CC(=O)Nc3ccccc3N3CCOCC3)C2=O)c2ccccc2n1Cc1ccccc1. The minimum atomic E-state index is -0.462. The molecule has 8 nitrogen and oxygen atoms in total. The van der Waals surface area contributed by atoms with Crippen molar-refractivity contribution in [3.05, 3.63) is 101 Å². The summed E-state index contributed by atoms with van der Waals surface area (Å²) in [7, 11) is 0. The second-order valence-corrected chi connectivity index (χ2v) is 11.0. The number of ether oxygens (including phenoxy) is 1. The number of benzene rings is 3. The van der Waals surface area contributed by atoms with Gasteiger partial charge in [0.05, 0.1) is 29.5 Å². The molecule has 2 saturated heterocycles. The molecule has 2 aliphatic heterocycles. The molecule has 3 aromatic carbocycles. The maximum absolute atomic E-state index is 13.4. The molecule has 6 rings (SSSR count). The number of hydrogen-bond acceptors (Lipinski definition) is 6. The van der Waals surface area contributed by atoms with Crippen molar-refractivity contribution in [3.8, 4) is 0 Å². The Bertz CT molecular complexity index is 1660. The van der Waals surface area contributed by atoms with Gasteiger partial charge in [0.2, 0.25) is 5.91 Å². The Labute approximate surface area is 242 Å². The fraction of sp³-hybridized carbons (Fsp3) is 0.219. The van der Waals surface area contributed by atoms with Crippen molar-refractivity contribution in [1.29, 1.82) is 0 Å². The highest BCUT2D eigenvalue weighted by Gasteiger charge is 2.37. The molecule has 3 heterocycles. The van der Waals surface area contributed by atoms with Gasteiger partial charge >= 0.3 is 0 Å². The van der Waals surface area contributed by atoms with Gasteiger partial charge in [-0.3, -0.25) is 19.3 Å². The van der Waals surface area contributed by atoms with Gasteiger partial charge in [0.1, 0.15) is 6.54 Å². The van der Waals surface area contributed by atoms with Gasteiger partial charge in [-0.05, 0) is 48.5 Å². The Balaban J connectivity index is 1.22. The van der Waals surface area contributed by atoms with Gasteiger partial charge in [-0.2, -0.15) is 0 Å². The van der Waals surface area contributed by atoms with Crippen LogP contribution in [0.5, 0.6) is 0 Å². The molecule has 4 aromatic rings. The Morgan fingerprint density at radius 3 is 2.46 bits per heavy atom. The van der Waals surface area contributed by atoms with Crippen molar-refractivity contribution in [3.63, 3.8) is 0 Å². The average Bonchev–Trinajstić information content (AvgIpc) is 3.41. The van der Waals surface area contributed by atoms with Crippen LogP contribution in [0.3, 0.4) is 0 Å². The molecule has 9 heteroatoms. The van der Waals surface area contributed by atoms with Crippen LogP contribution in [0.25, 0.3) is 17.0 Å². The number of hydrogen-bond donors (Lipinski definition) is 1. The van der Waals surface area contributed by atoms with Crippen molar-refractivity contribution in [2.45, 2.75) is 13.5 Å². The van der Waals surface area contributed by atoms with Crippen LogP contribution in [0.2, 0.25) is 0 Å². The predicted molar refractivity (Wildman–Crippen MR) is 163 cm³/mol. The quantitative estimate of drug-likeness (QED) is 0.297. The number of thioether (sulfide) groups is 1. The zero-order chi connectivity index (χ0) is 28.3. The Hall–Kier alpha value is -4.34.